The molecular formula is C17H16Cl2IN5O3. The van der Waals surface area contributed by atoms with Gasteiger partial charge in [-0.25, -0.2) is 9.59 Å². The number of aromatic nitrogens is 1. The van der Waals surface area contributed by atoms with Crippen molar-refractivity contribution in [3.63, 3.8) is 0 Å². The van der Waals surface area contributed by atoms with Gasteiger partial charge in [0.05, 0.1) is 38.6 Å². The van der Waals surface area contributed by atoms with Crippen LogP contribution in [0.2, 0.25) is 10.0 Å². The summed E-state index contributed by atoms with van der Waals surface area (Å²) in [6.07, 6.45) is 0.866. The number of pyridine rings is 1. The van der Waals surface area contributed by atoms with Crippen LogP contribution in [0, 0.1) is 0 Å². The van der Waals surface area contributed by atoms with E-state index in [0.717, 1.165) is 3.22 Å². The largest absolute Gasteiger partial charge is 0.414 e. The predicted molar refractivity (Wildman–Crippen MR) is 117 cm³/mol. The highest BCUT2D eigenvalue weighted by Crippen LogP contribution is 2.41. The number of halogens is 3. The Morgan fingerprint density at radius 3 is 2.36 bits per heavy atom. The number of rotatable bonds is 4. The van der Waals surface area contributed by atoms with Gasteiger partial charge in [-0.15, -0.1) is 0 Å². The molecule has 0 fully saturated rings. The molecule has 3 amide bonds. The summed E-state index contributed by atoms with van der Waals surface area (Å²) >= 11 is 14.3. The zero-order valence-electron chi connectivity index (χ0n) is 15.1. The van der Waals surface area contributed by atoms with Crippen molar-refractivity contribution < 1.29 is 14.3 Å². The van der Waals surface area contributed by atoms with Crippen molar-refractivity contribution in [3.8, 4) is 16.9 Å². The van der Waals surface area contributed by atoms with Crippen LogP contribution in [-0.4, -0.2) is 45.0 Å². The first-order valence-corrected chi connectivity index (χ1v) is 9.49. The molecule has 0 aliphatic carbocycles. The normalized spacial score (nSPS) is 11.1. The first-order valence-electron chi connectivity index (χ1n) is 7.77. The summed E-state index contributed by atoms with van der Waals surface area (Å²) in [7, 11) is 3.09. The summed E-state index contributed by atoms with van der Waals surface area (Å²) in [4.78, 5) is 29.1. The van der Waals surface area contributed by atoms with Crippen LogP contribution < -0.4 is 10.5 Å². The summed E-state index contributed by atoms with van der Waals surface area (Å²) < 4.78 is 6.47. The maximum Gasteiger partial charge on any atom is 0.414 e. The minimum absolute atomic E-state index is 0.103. The van der Waals surface area contributed by atoms with E-state index >= 15 is 0 Å². The summed E-state index contributed by atoms with van der Waals surface area (Å²) in [6.45, 7) is 1.60. The lowest BCUT2D eigenvalue weighted by atomic mass is 10.0. The average molecular weight is 536 g/mol. The number of benzene rings is 1. The lowest BCUT2D eigenvalue weighted by Crippen LogP contribution is -2.27. The van der Waals surface area contributed by atoms with Gasteiger partial charge in [0.25, 0.3) is 0 Å². The zero-order valence-corrected chi connectivity index (χ0v) is 18.8. The molecule has 1 heterocycles. The molecule has 0 aliphatic rings. The highest BCUT2D eigenvalue weighted by atomic mass is 127. The number of carbonyl (C=O) groups excluding carboxylic acids is 2. The van der Waals surface area contributed by atoms with E-state index in [2.05, 4.69) is 10.1 Å². The first kappa shape index (κ1) is 22.2. The number of hydrazone groups is 1. The fourth-order valence-electron chi connectivity index (χ4n) is 2.17. The van der Waals surface area contributed by atoms with E-state index in [4.69, 9.17) is 33.7 Å². The highest BCUT2D eigenvalue weighted by Gasteiger charge is 2.23. The Labute approximate surface area is 185 Å². The molecular weight excluding hydrogens is 520 g/mol. The van der Waals surface area contributed by atoms with Gasteiger partial charge >= 0.3 is 12.1 Å². The van der Waals surface area contributed by atoms with E-state index < -0.39 is 12.1 Å². The molecule has 1 aromatic carbocycles. The number of urea groups is 1. The quantitative estimate of drug-likeness (QED) is 0.268. The number of nitrogens with two attached hydrogens (primary N) is 1. The van der Waals surface area contributed by atoms with Gasteiger partial charge in [-0.2, -0.15) is 8.32 Å². The Balaban J connectivity index is 2.73. The SMILES string of the molecule is CC(=NN(I)C(N)=O)c1nccc(-c2c(Cl)cccc2Cl)c1OC(=O)N(C)C. The molecule has 0 saturated carbocycles. The number of carbonyl (C=O) groups is 2. The lowest BCUT2D eigenvalue weighted by Gasteiger charge is -2.18. The Morgan fingerprint density at radius 1 is 1.21 bits per heavy atom. The van der Waals surface area contributed by atoms with Crippen molar-refractivity contribution in [3.05, 3.63) is 46.2 Å². The highest BCUT2D eigenvalue weighted by molar-refractivity contribution is 14.1. The molecule has 8 nitrogen and oxygen atoms in total. The monoisotopic (exact) mass is 535 g/mol. The van der Waals surface area contributed by atoms with Crippen LogP contribution in [0.1, 0.15) is 12.6 Å². The Morgan fingerprint density at radius 2 is 1.82 bits per heavy atom. The van der Waals surface area contributed by atoms with Gasteiger partial charge in [0.15, 0.2) is 5.75 Å². The number of hydrogen-bond acceptors (Lipinski definition) is 5. The second kappa shape index (κ2) is 9.39. The summed E-state index contributed by atoms with van der Waals surface area (Å²) in [5, 5.41) is 4.81. The van der Waals surface area contributed by atoms with Crippen molar-refractivity contribution in [1.82, 2.24) is 13.1 Å². The van der Waals surface area contributed by atoms with Gasteiger partial charge in [-0.05, 0) is 25.1 Å². The second-order valence-electron chi connectivity index (χ2n) is 5.68. The fraction of sp³-hybridized carbons (Fsp3) is 0.176. The zero-order chi connectivity index (χ0) is 21.0. The average Bonchev–Trinajstić information content (AvgIpc) is 2.62. The van der Waals surface area contributed by atoms with Gasteiger partial charge in [0, 0.05) is 31.4 Å². The predicted octanol–water partition coefficient (Wildman–Crippen LogP) is 4.57. The molecule has 28 heavy (non-hydrogen) atoms. The van der Waals surface area contributed by atoms with E-state index in [1.54, 1.807) is 68.1 Å². The van der Waals surface area contributed by atoms with Crippen LogP contribution in [0.4, 0.5) is 9.59 Å². The molecule has 2 aromatic rings. The van der Waals surface area contributed by atoms with Crippen LogP contribution in [0.5, 0.6) is 5.75 Å². The van der Waals surface area contributed by atoms with E-state index in [9.17, 15) is 9.59 Å². The number of ether oxygens (including phenoxy) is 1. The van der Waals surface area contributed by atoms with Gasteiger partial charge in [-0.1, -0.05) is 29.3 Å². The van der Waals surface area contributed by atoms with Crippen molar-refractivity contribution in [2.45, 2.75) is 6.92 Å². The van der Waals surface area contributed by atoms with Crippen molar-refractivity contribution in [2.24, 2.45) is 10.8 Å². The molecule has 0 saturated heterocycles. The van der Waals surface area contributed by atoms with Gasteiger partial charge in [-0.3, -0.25) is 4.98 Å². The third kappa shape index (κ3) is 5.03. The molecule has 11 heteroatoms. The topological polar surface area (TPSA) is 101 Å². The maximum atomic E-state index is 12.3. The van der Waals surface area contributed by atoms with Crippen LogP contribution in [0.15, 0.2) is 35.6 Å². The van der Waals surface area contributed by atoms with Crippen molar-refractivity contribution in [2.75, 3.05) is 14.1 Å². The summed E-state index contributed by atoms with van der Waals surface area (Å²) in [5.74, 6) is 0.103. The lowest BCUT2D eigenvalue weighted by molar-refractivity contribution is 0.172. The van der Waals surface area contributed by atoms with Crippen LogP contribution in [0.25, 0.3) is 11.1 Å². The standard InChI is InChI=1S/C17H16Cl2IN5O3/c1-9(23-25(20)16(21)26)14-15(28-17(27)24(2)3)10(7-8-22-14)13-11(18)5-4-6-12(13)19/h4-8H,1-3H3,(H2,21,26). The van der Waals surface area contributed by atoms with Crippen LogP contribution in [-0.2, 0) is 0 Å². The minimum atomic E-state index is -0.767. The Kier molecular flexibility index (Phi) is 7.44. The van der Waals surface area contributed by atoms with E-state index in [1.807, 2.05) is 0 Å². The minimum Gasteiger partial charge on any atom is -0.407 e. The van der Waals surface area contributed by atoms with E-state index in [1.165, 1.54) is 11.1 Å². The second-order valence-corrected chi connectivity index (χ2v) is 7.41. The van der Waals surface area contributed by atoms with E-state index in [-0.39, 0.29) is 11.4 Å². The Hall–Kier alpha value is -2.11. The number of amides is 3. The molecule has 2 N–H and O–H groups in total. The summed E-state index contributed by atoms with van der Waals surface area (Å²) in [6, 6.07) is 5.90. The summed E-state index contributed by atoms with van der Waals surface area (Å²) in [5.41, 5.74) is 6.65. The molecule has 0 bridgehead atoms. The maximum absolute atomic E-state index is 12.3. The molecule has 0 radical (unpaired) electrons. The van der Waals surface area contributed by atoms with Crippen molar-refractivity contribution >= 4 is 63.9 Å². The van der Waals surface area contributed by atoms with Gasteiger partial charge in [0.2, 0.25) is 0 Å². The third-order valence-corrected chi connectivity index (χ3v) is 4.77. The number of primary amides is 1. The third-order valence-electron chi connectivity index (χ3n) is 3.45. The molecule has 0 aliphatic heterocycles. The number of nitrogens with zero attached hydrogens (tertiary/aromatic N) is 4. The Bertz CT molecular complexity index is 932. The van der Waals surface area contributed by atoms with Gasteiger partial charge in [0.1, 0.15) is 5.69 Å². The molecule has 0 unspecified atom stereocenters. The molecule has 148 valence electrons. The van der Waals surface area contributed by atoms with E-state index in [0.29, 0.717) is 26.9 Å². The fourth-order valence-corrected chi connectivity index (χ4v) is 3.09. The molecule has 0 atom stereocenters. The van der Waals surface area contributed by atoms with Crippen LogP contribution in [0.3, 0.4) is 0 Å². The molecule has 2 rings (SSSR count). The molecule has 1 aromatic heterocycles. The number of hydrogen-bond donors (Lipinski definition) is 1. The van der Waals surface area contributed by atoms with Gasteiger partial charge < -0.3 is 15.4 Å². The smallest absolute Gasteiger partial charge is 0.407 e. The molecule has 0 spiro atoms. The van der Waals surface area contributed by atoms with Crippen molar-refractivity contribution in [1.29, 1.82) is 0 Å². The first-order chi connectivity index (χ1) is 13.1. The van der Waals surface area contributed by atoms with Crippen LogP contribution >= 0.6 is 46.1 Å².